The number of aromatic nitrogens is 1. The molecule has 4 nitrogen and oxygen atoms in total. The van der Waals surface area contributed by atoms with Crippen molar-refractivity contribution in [2.45, 2.75) is 38.1 Å². The molecule has 0 spiro atoms. The standard InChI is InChI=1S/C17H23N3O/c21-17(12-14-4-1-2-5-14)20-10-7-15(8-11-20)19-16-6-3-9-18-13-16/h1,3-4,6,9,13-15,19H,2,5,7-8,10-12H2/t14-/m1/s1. The smallest absolute Gasteiger partial charge is 0.223 e. The van der Waals surface area contributed by atoms with Crippen LogP contribution in [-0.2, 0) is 4.79 Å². The van der Waals surface area contributed by atoms with E-state index in [1.165, 1.54) is 0 Å². The van der Waals surface area contributed by atoms with Crippen molar-refractivity contribution in [2.24, 2.45) is 5.92 Å². The summed E-state index contributed by atoms with van der Waals surface area (Å²) >= 11 is 0. The zero-order valence-electron chi connectivity index (χ0n) is 12.4. The lowest BCUT2D eigenvalue weighted by molar-refractivity contribution is -0.132. The molecule has 1 saturated heterocycles. The molecule has 1 aromatic rings. The van der Waals surface area contributed by atoms with Crippen molar-refractivity contribution < 1.29 is 4.79 Å². The van der Waals surface area contributed by atoms with Crippen LogP contribution in [0.2, 0.25) is 0 Å². The van der Waals surface area contributed by atoms with E-state index in [0.29, 0.717) is 24.3 Å². The number of anilines is 1. The van der Waals surface area contributed by atoms with E-state index in [9.17, 15) is 4.79 Å². The summed E-state index contributed by atoms with van der Waals surface area (Å²) in [6.07, 6.45) is 13.0. The molecule has 112 valence electrons. The number of hydrogen-bond donors (Lipinski definition) is 1. The molecule has 1 aromatic heterocycles. The first-order chi connectivity index (χ1) is 10.3. The largest absolute Gasteiger partial charge is 0.381 e. The van der Waals surface area contributed by atoms with E-state index in [4.69, 9.17) is 0 Å². The van der Waals surface area contributed by atoms with Gasteiger partial charge in [0.2, 0.25) is 5.91 Å². The number of pyridine rings is 1. The molecule has 21 heavy (non-hydrogen) atoms. The minimum atomic E-state index is 0.325. The maximum absolute atomic E-state index is 12.3. The third-order valence-electron chi connectivity index (χ3n) is 4.43. The summed E-state index contributed by atoms with van der Waals surface area (Å²) in [6, 6.07) is 4.43. The second kappa shape index (κ2) is 6.74. The van der Waals surface area contributed by atoms with Crippen molar-refractivity contribution in [3.05, 3.63) is 36.7 Å². The predicted molar refractivity (Wildman–Crippen MR) is 83.9 cm³/mol. The number of allylic oxidation sites excluding steroid dienone is 2. The molecule has 1 aliphatic carbocycles. The average Bonchev–Trinajstić information content (AvgIpc) is 3.02. The number of nitrogens with one attached hydrogen (secondary N) is 1. The van der Waals surface area contributed by atoms with Gasteiger partial charge in [0.05, 0.1) is 5.69 Å². The first kappa shape index (κ1) is 14.1. The van der Waals surface area contributed by atoms with E-state index in [2.05, 4.69) is 22.5 Å². The van der Waals surface area contributed by atoms with Crippen LogP contribution in [0.25, 0.3) is 0 Å². The van der Waals surface area contributed by atoms with Gasteiger partial charge in [-0.15, -0.1) is 0 Å². The van der Waals surface area contributed by atoms with Crippen molar-refractivity contribution >= 4 is 11.6 Å². The maximum Gasteiger partial charge on any atom is 0.223 e. The number of likely N-dealkylation sites (tertiary alicyclic amines) is 1. The van der Waals surface area contributed by atoms with Crippen LogP contribution in [0, 0.1) is 5.92 Å². The summed E-state index contributed by atoms with van der Waals surface area (Å²) in [7, 11) is 0. The third kappa shape index (κ3) is 3.84. The van der Waals surface area contributed by atoms with Crippen LogP contribution in [0.4, 0.5) is 5.69 Å². The average molecular weight is 285 g/mol. The van der Waals surface area contributed by atoms with Crippen LogP contribution < -0.4 is 5.32 Å². The topological polar surface area (TPSA) is 45.2 Å². The predicted octanol–water partition coefficient (Wildman–Crippen LogP) is 2.84. The van der Waals surface area contributed by atoms with Gasteiger partial charge in [-0.3, -0.25) is 9.78 Å². The highest BCUT2D eigenvalue weighted by atomic mass is 16.2. The van der Waals surface area contributed by atoms with Crippen molar-refractivity contribution in [2.75, 3.05) is 18.4 Å². The number of hydrogen-bond acceptors (Lipinski definition) is 3. The molecule has 1 amide bonds. The molecule has 1 atom stereocenters. The Kier molecular flexibility index (Phi) is 4.53. The van der Waals surface area contributed by atoms with Gasteiger partial charge in [-0.1, -0.05) is 12.2 Å². The highest BCUT2D eigenvalue weighted by Gasteiger charge is 2.24. The Labute approximate surface area is 126 Å². The zero-order chi connectivity index (χ0) is 14.5. The van der Waals surface area contributed by atoms with E-state index < -0.39 is 0 Å². The highest BCUT2D eigenvalue weighted by molar-refractivity contribution is 5.76. The third-order valence-corrected chi connectivity index (χ3v) is 4.43. The fourth-order valence-corrected chi connectivity index (χ4v) is 3.18. The molecule has 0 unspecified atom stereocenters. The van der Waals surface area contributed by atoms with Gasteiger partial charge in [0.1, 0.15) is 0 Å². The number of nitrogens with zero attached hydrogens (tertiary/aromatic N) is 2. The maximum atomic E-state index is 12.3. The first-order valence-electron chi connectivity index (χ1n) is 7.92. The summed E-state index contributed by atoms with van der Waals surface area (Å²) in [5, 5.41) is 3.50. The normalized spacial score (nSPS) is 22.5. The zero-order valence-corrected chi connectivity index (χ0v) is 12.4. The molecule has 0 aromatic carbocycles. The summed E-state index contributed by atoms with van der Waals surface area (Å²) in [5.74, 6) is 0.801. The van der Waals surface area contributed by atoms with Crippen molar-refractivity contribution in [3.8, 4) is 0 Å². The molecule has 0 saturated carbocycles. The monoisotopic (exact) mass is 285 g/mol. The number of rotatable bonds is 4. The first-order valence-corrected chi connectivity index (χ1v) is 7.92. The molecule has 1 N–H and O–H groups in total. The summed E-state index contributed by atoms with van der Waals surface area (Å²) in [5.41, 5.74) is 1.07. The van der Waals surface area contributed by atoms with Gasteiger partial charge in [0, 0.05) is 37.9 Å². The Morgan fingerprint density at radius 1 is 1.33 bits per heavy atom. The quantitative estimate of drug-likeness (QED) is 0.865. The SMILES string of the molecule is O=C(C[C@@H]1C=CCC1)N1CCC(Nc2cccnc2)CC1. The Balaban J connectivity index is 1.44. The Bertz CT molecular complexity index is 492. The lowest BCUT2D eigenvalue weighted by Gasteiger charge is -2.33. The molecule has 4 heteroatoms. The van der Waals surface area contributed by atoms with Gasteiger partial charge in [0.15, 0.2) is 0 Å². The fraction of sp³-hybridized carbons (Fsp3) is 0.529. The van der Waals surface area contributed by atoms with E-state index in [0.717, 1.165) is 44.5 Å². The minimum Gasteiger partial charge on any atom is -0.381 e. The molecule has 1 fully saturated rings. The molecule has 0 radical (unpaired) electrons. The minimum absolute atomic E-state index is 0.325. The Morgan fingerprint density at radius 2 is 2.19 bits per heavy atom. The Morgan fingerprint density at radius 3 is 2.86 bits per heavy atom. The van der Waals surface area contributed by atoms with Crippen LogP contribution in [0.1, 0.15) is 32.1 Å². The number of piperidine rings is 1. The Hall–Kier alpha value is -1.84. The molecule has 1 aliphatic heterocycles. The second-order valence-corrected chi connectivity index (χ2v) is 6.01. The van der Waals surface area contributed by atoms with E-state index in [1.807, 2.05) is 23.2 Å². The van der Waals surface area contributed by atoms with E-state index in [1.54, 1.807) is 6.20 Å². The van der Waals surface area contributed by atoms with Crippen LogP contribution in [0.3, 0.4) is 0 Å². The molecule has 2 aliphatic rings. The summed E-state index contributed by atoms with van der Waals surface area (Å²) in [6.45, 7) is 1.74. The second-order valence-electron chi connectivity index (χ2n) is 6.01. The van der Waals surface area contributed by atoms with Crippen molar-refractivity contribution in [1.29, 1.82) is 0 Å². The molecule has 0 bridgehead atoms. The van der Waals surface area contributed by atoms with Gasteiger partial charge in [0.25, 0.3) is 0 Å². The van der Waals surface area contributed by atoms with Gasteiger partial charge >= 0.3 is 0 Å². The molecule has 2 heterocycles. The summed E-state index contributed by atoms with van der Waals surface area (Å²) < 4.78 is 0. The van der Waals surface area contributed by atoms with Crippen LogP contribution in [-0.4, -0.2) is 34.9 Å². The molecular weight excluding hydrogens is 262 g/mol. The van der Waals surface area contributed by atoms with Gasteiger partial charge in [-0.2, -0.15) is 0 Å². The van der Waals surface area contributed by atoms with E-state index >= 15 is 0 Å². The van der Waals surface area contributed by atoms with Crippen LogP contribution in [0.5, 0.6) is 0 Å². The van der Waals surface area contributed by atoms with Crippen molar-refractivity contribution in [3.63, 3.8) is 0 Å². The van der Waals surface area contributed by atoms with Gasteiger partial charge < -0.3 is 10.2 Å². The van der Waals surface area contributed by atoms with Crippen LogP contribution in [0.15, 0.2) is 36.7 Å². The fourth-order valence-electron chi connectivity index (χ4n) is 3.18. The number of amides is 1. The van der Waals surface area contributed by atoms with Crippen LogP contribution >= 0.6 is 0 Å². The lowest BCUT2D eigenvalue weighted by Crippen LogP contribution is -2.42. The van der Waals surface area contributed by atoms with Gasteiger partial charge in [-0.05, 0) is 43.7 Å². The van der Waals surface area contributed by atoms with Crippen molar-refractivity contribution in [1.82, 2.24) is 9.88 Å². The summed E-state index contributed by atoms with van der Waals surface area (Å²) in [4.78, 5) is 18.4. The number of carbonyl (C=O) groups excluding carboxylic acids is 1. The van der Waals surface area contributed by atoms with E-state index in [-0.39, 0.29) is 0 Å². The highest BCUT2D eigenvalue weighted by Crippen LogP contribution is 2.23. The van der Waals surface area contributed by atoms with Gasteiger partial charge in [-0.25, -0.2) is 0 Å². The number of carbonyl (C=O) groups is 1. The molecular formula is C17H23N3O. The lowest BCUT2D eigenvalue weighted by atomic mass is 10.0. The molecule has 3 rings (SSSR count).